The zero-order chi connectivity index (χ0) is 13.1. The van der Waals surface area contributed by atoms with Gasteiger partial charge in [0.15, 0.2) is 0 Å². The van der Waals surface area contributed by atoms with Gasteiger partial charge in [-0.05, 0) is 50.1 Å². The van der Waals surface area contributed by atoms with Gasteiger partial charge in [-0.1, -0.05) is 19.8 Å². The van der Waals surface area contributed by atoms with E-state index in [-0.39, 0.29) is 0 Å². The minimum Gasteiger partial charge on any atom is -0.303 e. The van der Waals surface area contributed by atoms with E-state index < -0.39 is 0 Å². The number of unbranched alkanes of at least 4 members (excludes halogenated alkanes) is 2. The number of fused-ring (bicyclic) bond motifs is 3. The van der Waals surface area contributed by atoms with E-state index in [1.165, 1.54) is 68.1 Å². The fraction of sp³-hybridized carbons (Fsp3) is 0.812. The maximum atomic E-state index is 4.84. The average molecular weight is 278 g/mol. The summed E-state index contributed by atoms with van der Waals surface area (Å²) in [5, 5.41) is 0. The summed E-state index contributed by atoms with van der Waals surface area (Å²) in [5.41, 5.74) is 1.47. The first-order valence-corrected chi connectivity index (χ1v) is 8.97. The van der Waals surface area contributed by atoms with Crippen LogP contribution in [0.2, 0.25) is 0 Å². The van der Waals surface area contributed by atoms with Crippen molar-refractivity contribution in [2.24, 2.45) is 16.8 Å². The highest BCUT2D eigenvalue weighted by Gasteiger charge is 2.38. The zero-order valence-corrected chi connectivity index (χ0v) is 12.9. The van der Waals surface area contributed by atoms with Gasteiger partial charge in [0, 0.05) is 17.4 Å². The number of aliphatic imine (C=N–C) groups is 1. The topological polar surface area (TPSA) is 15.6 Å². The highest BCUT2D eigenvalue weighted by atomic mass is 32.2. The fourth-order valence-corrected chi connectivity index (χ4v) is 4.78. The quantitative estimate of drug-likeness (QED) is 0.690. The molecule has 2 nitrogen and oxygen atoms in total. The summed E-state index contributed by atoms with van der Waals surface area (Å²) in [7, 11) is 0. The maximum Gasteiger partial charge on any atom is 0.0588 e. The van der Waals surface area contributed by atoms with E-state index in [2.05, 4.69) is 29.7 Å². The molecule has 0 radical (unpaired) electrons. The maximum absolute atomic E-state index is 4.84. The van der Waals surface area contributed by atoms with E-state index in [4.69, 9.17) is 4.99 Å². The number of rotatable bonds is 6. The van der Waals surface area contributed by atoms with Crippen LogP contribution >= 0.6 is 11.8 Å². The summed E-state index contributed by atoms with van der Waals surface area (Å²) in [6.07, 6.45) is 9.21. The second-order valence-electron chi connectivity index (χ2n) is 6.09. The monoisotopic (exact) mass is 278 g/mol. The van der Waals surface area contributed by atoms with Gasteiger partial charge in [-0.15, -0.1) is 11.8 Å². The number of piperidine rings is 3. The molecule has 0 saturated carbocycles. The molecular formula is C16H26N2S. The van der Waals surface area contributed by atoms with Gasteiger partial charge in [0.2, 0.25) is 0 Å². The summed E-state index contributed by atoms with van der Waals surface area (Å²) >= 11 is 2.06. The van der Waals surface area contributed by atoms with Crippen LogP contribution in [-0.2, 0) is 0 Å². The van der Waals surface area contributed by atoms with Crippen molar-refractivity contribution in [3.63, 3.8) is 0 Å². The molecule has 0 aliphatic carbocycles. The average Bonchev–Trinajstić information content (AvgIpc) is 2.93. The molecule has 4 rings (SSSR count). The lowest BCUT2D eigenvalue weighted by atomic mass is 9.76. The predicted octanol–water partition coefficient (Wildman–Crippen LogP) is 3.59. The van der Waals surface area contributed by atoms with Crippen LogP contribution in [0.5, 0.6) is 0 Å². The molecule has 4 heterocycles. The molecular weight excluding hydrogens is 252 g/mol. The molecule has 2 bridgehead atoms. The van der Waals surface area contributed by atoms with Crippen LogP contribution < -0.4 is 0 Å². The van der Waals surface area contributed by atoms with E-state index in [1.54, 1.807) is 0 Å². The molecule has 0 spiro atoms. The number of hydrogen-bond donors (Lipinski definition) is 0. The fourth-order valence-electron chi connectivity index (χ4n) is 3.65. The molecule has 0 N–H and O–H groups in total. The Morgan fingerprint density at radius 3 is 2.84 bits per heavy atom. The van der Waals surface area contributed by atoms with Crippen molar-refractivity contribution in [2.75, 3.05) is 31.9 Å². The largest absolute Gasteiger partial charge is 0.303 e. The second kappa shape index (κ2) is 6.45. The van der Waals surface area contributed by atoms with Crippen molar-refractivity contribution in [1.82, 2.24) is 4.90 Å². The third-order valence-electron chi connectivity index (χ3n) is 4.80. The van der Waals surface area contributed by atoms with Crippen LogP contribution in [0.25, 0.3) is 0 Å². The van der Waals surface area contributed by atoms with Gasteiger partial charge in [0.1, 0.15) is 0 Å². The zero-order valence-electron chi connectivity index (χ0n) is 12.1. The second-order valence-corrected chi connectivity index (χ2v) is 7.23. The van der Waals surface area contributed by atoms with Crippen LogP contribution in [0.1, 0.15) is 39.0 Å². The standard InChI is InChI=1S/C16H26N2S/c1-2-3-4-11-19-15-5-8-17-16(15)14-12-18-9-6-13(14)7-10-18/h5,13-14H,2-4,6-12H2,1H3. The normalized spacial score (nSPS) is 33.4. The summed E-state index contributed by atoms with van der Waals surface area (Å²) in [4.78, 5) is 9.00. The van der Waals surface area contributed by atoms with Crippen LogP contribution in [0.3, 0.4) is 0 Å². The lowest BCUT2D eigenvalue weighted by Gasteiger charge is -2.45. The third-order valence-corrected chi connectivity index (χ3v) is 5.98. The van der Waals surface area contributed by atoms with Gasteiger partial charge < -0.3 is 4.90 Å². The first-order chi connectivity index (χ1) is 9.38. The Bertz CT molecular complexity index is 367. The number of hydrogen-bond acceptors (Lipinski definition) is 3. The Labute approximate surface area is 121 Å². The van der Waals surface area contributed by atoms with Crippen LogP contribution in [-0.4, -0.2) is 42.5 Å². The molecule has 1 unspecified atom stereocenters. The Morgan fingerprint density at radius 1 is 1.32 bits per heavy atom. The van der Waals surface area contributed by atoms with Gasteiger partial charge in [-0.3, -0.25) is 4.99 Å². The van der Waals surface area contributed by atoms with Gasteiger partial charge in [0.25, 0.3) is 0 Å². The van der Waals surface area contributed by atoms with E-state index in [9.17, 15) is 0 Å². The van der Waals surface area contributed by atoms with Crippen molar-refractivity contribution >= 4 is 17.5 Å². The van der Waals surface area contributed by atoms with E-state index in [0.29, 0.717) is 0 Å². The Morgan fingerprint density at radius 2 is 2.16 bits per heavy atom. The number of nitrogens with zero attached hydrogens (tertiary/aromatic N) is 2. The molecule has 0 aromatic heterocycles. The van der Waals surface area contributed by atoms with E-state index in [1.807, 2.05) is 0 Å². The molecule has 19 heavy (non-hydrogen) atoms. The summed E-state index contributed by atoms with van der Waals surface area (Å²) < 4.78 is 0. The highest BCUT2D eigenvalue weighted by Crippen LogP contribution is 2.38. The van der Waals surface area contributed by atoms with Gasteiger partial charge in [-0.2, -0.15) is 0 Å². The molecule has 3 fully saturated rings. The molecule has 3 heteroatoms. The van der Waals surface area contributed by atoms with Crippen molar-refractivity contribution in [2.45, 2.75) is 39.0 Å². The van der Waals surface area contributed by atoms with Crippen LogP contribution in [0.15, 0.2) is 16.0 Å². The smallest absolute Gasteiger partial charge is 0.0588 e. The highest BCUT2D eigenvalue weighted by molar-refractivity contribution is 8.04. The van der Waals surface area contributed by atoms with Gasteiger partial charge in [-0.25, -0.2) is 0 Å². The first-order valence-electron chi connectivity index (χ1n) is 7.98. The van der Waals surface area contributed by atoms with Crippen molar-refractivity contribution < 1.29 is 0 Å². The van der Waals surface area contributed by atoms with Crippen molar-refractivity contribution in [1.29, 1.82) is 0 Å². The third kappa shape index (κ3) is 3.08. The summed E-state index contributed by atoms with van der Waals surface area (Å²) in [6, 6.07) is 0. The van der Waals surface area contributed by atoms with E-state index in [0.717, 1.165) is 18.4 Å². The molecule has 0 aromatic carbocycles. The minimum atomic E-state index is 0.745. The molecule has 4 aliphatic heterocycles. The van der Waals surface area contributed by atoms with E-state index >= 15 is 0 Å². The first kappa shape index (κ1) is 13.7. The molecule has 106 valence electrons. The van der Waals surface area contributed by atoms with Crippen LogP contribution in [0, 0.1) is 11.8 Å². The molecule has 3 saturated heterocycles. The predicted molar refractivity (Wildman–Crippen MR) is 85.0 cm³/mol. The summed E-state index contributed by atoms with van der Waals surface area (Å²) in [6.45, 7) is 7.15. The molecule has 0 amide bonds. The van der Waals surface area contributed by atoms with Gasteiger partial charge in [0.05, 0.1) is 12.3 Å². The molecule has 4 aliphatic rings. The van der Waals surface area contributed by atoms with Crippen LogP contribution in [0.4, 0.5) is 0 Å². The number of allylic oxidation sites excluding steroid dienone is 1. The Hall–Kier alpha value is -0.280. The molecule has 1 atom stereocenters. The van der Waals surface area contributed by atoms with Crippen molar-refractivity contribution in [3.8, 4) is 0 Å². The Kier molecular flexibility index (Phi) is 4.65. The lowest BCUT2D eigenvalue weighted by molar-refractivity contribution is 0.0824. The minimum absolute atomic E-state index is 0.745. The SMILES string of the molecule is CCCCCSC1=CCN=C1C1CN2CCC1CC2. The van der Waals surface area contributed by atoms with Crippen molar-refractivity contribution in [3.05, 3.63) is 11.0 Å². The summed E-state index contributed by atoms with van der Waals surface area (Å²) in [5.74, 6) is 2.94. The molecule has 0 aromatic rings. The van der Waals surface area contributed by atoms with Gasteiger partial charge >= 0.3 is 0 Å². The number of thioether (sulfide) groups is 1. The Balaban J connectivity index is 1.57. The lowest BCUT2D eigenvalue weighted by Crippen LogP contribution is -2.50.